The van der Waals surface area contributed by atoms with Crippen molar-refractivity contribution in [2.24, 2.45) is 0 Å². The largest absolute Gasteiger partial charge is 0.399 e. The van der Waals surface area contributed by atoms with Gasteiger partial charge >= 0.3 is 0 Å². The fourth-order valence-corrected chi connectivity index (χ4v) is 3.07. The van der Waals surface area contributed by atoms with Crippen LogP contribution in [-0.2, 0) is 0 Å². The summed E-state index contributed by atoms with van der Waals surface area (Å²) in [6.45, 7) is 4.60. The van der Waals surface area contributed by atoms with E-state index in [0.717, 1.165) is 17.5 Å². The minimum Gasteiger partial charge on any atom is -0.399 e. The van der Waals surface area contributed by atoms with E-state index in [-0.39, 0.29) is 0 Å². The first-order valence-corrected chi connectivity index (χ1v) is 6.56. The summed E-state index contributed by atoms with van der Waals surface area (Å²) in [5.74, 6) is 1.24. The van der Waals surface area contributed by atoms with Crippen LogP contribution in [-0.4, -0.2) is 24.1 Å². The molecular weight excluding hydrogens is 204 g/mol. The van der Waals surface area contributed by atoms with Crippen LogP contribution in [0.25, 0.3) is 0 Å². The van der Waals surface area contributed by atoms with Crippen LogP contribution < -0.4 is 10.6 Å². The SMILES string of the molecule is CCC1CN(c2ccc(N)cc2)CCS1. The van der Waals surface area contributed by atoms with Gasteiger partial charge in [0.25, 0.3) is 0 Å². The van der Waals surface area contributed by atoms with Crippen LogP contribution in [0.1, 0.15) is 13.3 Å². The number of hydrogen-bond acceptors (Lipinski definition) is 3. The van der Waals surface area contributed by atoms with Gasteiger partial charge < -0.3 is 10.6 Å². The van der Waals surface area contributed by atoms with E-state index in [1.165, 1.54) is 24.4 Å². The zero-order valence-corrected chi connectivity index (χ0v) is 9.96. The van der Waals surface area contributed by atoms with E-state index in [1.807, 2.05) is 12.1 Å². The van der Waals surface area contributed by atoms with Crippen LogP contribution in [0.5, 0.6) is 0 Å². The number of nitrogens with two attached hydrogens (primary N) is 1. The first-order valence-electron chi connectivity index (χ1n) is 5.51. The smallest absolute Gasteiger partial charge is 0.0368 e. The molecule has 1 aromatic rings. The lowest BCUT2D eigenvalue weighted by molar-refractivity contribution is 0.728. The highest BCUT2D eigenvalue weighted by molar-refractivity contribution is 8.00. The first-order chi connectivity index (χ1) is 7.29. The molecule has 0 amide bonds. The van der Waals surface area contributed by atoms with Gasteiger partial charge in [-0.25, -0.2) is 0 Å². The van der Waals surface area contributed by atoms with Crippen molar-refractivity contribution in [1.82, 2.24) is 0 Å². The van der Waals surface area contributed by atoms with Crippen molar-refractivity contribution in [1.29, 1.82) is 0 Å². The molecule has 1 aliphatic rings. The van der Waals surface area contributed by atoms with Gasteiger partial charge in [-0.15, -0.1) is 0 Å². The van der Waals surface area contributed by atoms with E-state index in [9.17, 15) is 0 Å². The number of rotatable bonds is 2. The number of nitrogens with zero attached hydrogens (tertiary/aromatic N) is 1. The van der Waals surface area contributed by atoms with Crippen molar-refractivity contribution in [3.8, 4) is 0 Å². The lowest BCUT2D eigenvalue weighted by Gasteiger charge is -2.33. The van der Waals surface area contributed by atoms with Gasteiger partial charge in [0.15, 0.2) is 0 Å². The maximum atomic E-state index is 5.69. The molecule has 0 spiro atoms. The summed E-state index contributed by atoms with van der Waals surface area (Å²) in [5, 5.41) is 0.788. The van der Waals surface area contributed by atoms with Crippen molar-refractivity contribution in [3.63, 3.8) is 0 Å². The van der Waals surface area contributed by atoms with Crippen LogP contribution in [0.2, 0.25) is 0 Å². The molecule has 1 unspecified atom stereocenters. The van der Waals surface area contributed by atoms with Crippen LogP contribution >= 0.6 is 11.8 Å². The van der Waals surface area contributed by atoms with E-state index in [4.69, 9.17) is 5.73 Å². The molecule has 0 aromatic heterocycles. The number of benzene rings is 1. The molecule has 1 saturated heterocycles. The third-order valence-electron chi connectivity index (χ3n) is 2.85. The van der Waals surface area contributed by atoms with Gasteiger partial charge in [0.1, 0.15) is 0 Å². The predicted molar refractivity (Wildman–Crippen MR) is 69.6 cm³/mol. The summed E-state index contributed by atoms with van der Waals surface area (Å²) in [5.41, 5.74) is 7.84. The molecule has 2 N–H and O–H groups in total. The van der Waals surface area contributed by atoms with Crippen molar-refractivity contribution < 1.29 is 0 Å². The summed E-state index contributed by atoms with van der Waals surface area (Å²) in [6, 6.07) is 8.21. The molecular formula is C12H18N2S. The van der Waals surface area contributed by atoms with Crippen molar-refractivity contribution in [2.75, 3.05) is 29.5 Å². The first kappa shape index (κ1) is 10.7. The molecule has 82 valence electrons. The molecule has 1 aliphatic heterocycles. The molecule has 0 saturated carbocycles. The Balaban J connectivity index is 2.06. The zero-order chi connectivity index (χ0) is 10.7. The fraction of sp³-hybridized carbons (Fsp3) is 0.500. The number of nitrogen functional groups attached to an aromatic ring is 1. The summed E-state index contributed by atoms with van der Waals surface area (Å²) >= 11 is 2.10. The highest BCUT2D eigenvalue weighted by Crippen LogP contribution is 2.26. The van der Waals surface area contributed by atoms with Gasteiger partial charge in [-0.1, -0.05) is 6.92 Å². The van der Waals surface area contributed by atoms with Crippen molar-refractivity contribution >= 4 is 23.1 Å². The molecule has 0 radical (unpaired) electrons. The monoisotopic (exact) mass is 222 g/mol. The molecule has 1 fully saturated rings. The van der Waals surface area contributed by atoms with E-state index >= 15 is 0 Å². The van der Waals surface area contributed by atoms with E-state index in [1.54, 1.807) is 0 Å². The molecule has 1 aromatic carbocycles. The molecule has 0 bridgehead atoms. The van der Waals surface area contributed by atoms with E-state index in [2.05, 4.69) is 35.7 Å². The van der Waals surface area contributed by atoms with Gasteiger partial charge in [0, 0.05) is 35.5 Å². The minimum absolute atomic E-state index is 0.788. The molecule has 2 rings (SSSR count). The van der Waals surface area contributed by atoms with Crippen molar-refractivity contribution in [3.05, 3.63) is 24.3 Å². The maximum absolute atomic E-state index is 5.69. The summed E-state index contributed by atoms with van der Waals surface area (Å²) < 4.78 is 0. The minimum atomic E-state index is 0.788. The quantitative estimate of drug-likeness (QED) is 0.780. The predicted octanol–water partition coefficient (Wildman–Crippen LogP) is 2.60. The Labute approximate surface area is 95.8 Å². The highest BCUT2D eigenvalue weighted by atomic mass is 32.2. The average molecular weight is 222 g/mol. The van der Waals surface area contributed by atoms with Gasteiger partial charge in [0.2, 0.25) is 0 Å². The molecule has 1 heterocycles. The number of anilines is 2. The Hall–Kier alpha value is -0.830. The van der Waals surface area contributed by atoms with Gasteiger partial charge in [-0.05, 0) is 30.7 Å². The van der Waals surface area contributed by atoms with Crippen LogP contribution in [0.15, 0.2) is 24.3 Å². The third-order valence-corrected chi connectivity index (χ3v) is 4.22. The van der Waals surface area contributed by atoms with Crippen LogP contribution in [0.3, 0.4) is 0 Å². The second kappa shape index (κ2) is 4.79. The average Bonchev–Trinajstić information content (AvgIpc) is 2.30. The Morgan fingerprint density at radius 1 is 1.40 bits per heavy atom. The van der Waals surface area contributed by atoms with Gasteiger partial charge in [-0.2, -0.15) is 11.8 Å². The highest BCUT2D eigenvalue weighted by Gasteiger charge is 2.18. The van der Waals surface area contributed by atoms with Gasteiger partial charge in [0.05, 0.1) is 0 Å². The van der Waals surface area contributed by atoms with Gasteiger partial charge in [-0.3, -0.25) is 0 Å². The van der Waals surface area contributed by atoms with Crippen LogP contribution in [0, 0.1) is 0 Å². The Bertz CT molecular complexity index is 310. The molecule has 15 heavy (non-hydrogen) atoms. The molecule has 3 heteroatoms. The molecule has 1 atom stereocenters. The Kier molecular flexibility index (Phi) is 3.41. The summed E-state index contributed by atoms with van der Waals surface area (Å²) in [6.07, 6.45) is 1.26. The number of hydrogen-bond donors (Lipinski definition) is 1. The second-order valence-corrected chi connectivity index (χ2v) is 5.35. The lowest BCUT2D eigenvalue weighted by Crippen LogP contribution is -2.37. The third kappa shape index (κ3) is 2.59. The summed E-state index contributed by atoms with van der Waals surface area (Å²) in [7, 11) is 0. The van der Waals surface area contributed by atoms with Crippen LogP contribution in [0.4, 0.5) is 11.4 Å². The topological polar surface area (TPSA) is 29.3 Å². The van der Waals surface area contributed by atoms with Crippen molar-refractivity contribution in [2.45, 2.75) is 18.6 Å². The standard InChI is InChI=1S/C12H18N2S/c1-2-12-9-14(7-8-15-12)11-5-3-10(13)4-6-11/h3-6,12H,2,7-9,13H2,1H3. The Morgan fingerprint density at radius 2 is 2.13 bits per heavy atom. The zero-order valence-electron chi connectivity index (χ0n) is 9.15. The van der Waals surface area contributed by atoms with E-state index < -0.39 is 0 Å². The summed E-state index contributed by atoms with van der Waals surface area (Å²) in [4.78, 5) is 2.46. The molecule has 0 aliphatic carbocycles. The fourth-order valence-electron chi connectivity index (χ4n) is 1.89. The second-order valence-electron chi connectivity index (χ2n) is 3.94. The van der Waals surface area contributed by atoms with E-state index in [0.29, 0.717) is 0 Å². The molecule has 2 nitrogen and oxygen atoms in total. The lowest BCUT2D eigenvalue weighted by atomic mass is 10.2. The Morgan fingerprint density at radius 3 is 2.80 bits per heavy atom. The number of thioether (sulfide) groups is 1. The normalized spacial score (nSPS) is 21.7. The maximum Gasteiger partial charge on any atom is 0.0368 e.